The van der Waals surface area contributed by atoms with E-state index in [9.17, 15) is 0 Å². The molecule has 1 unspecified atom stereocenters. The van der Waals surface area contributed by atoms with E-state index in [-0.39, 0.29) is 5.25 Å². The molecule has 0 radical (unpaired) electrons. The molecule has 0 saturated heterocycles. The van der Waals surface area contributed by atoms with Gasteiger partial charge in [-0.3, -0.25) is 0 Å². The van der Waals surface area contributed by atoms with Crippen LogP contribution < -0.4 is 5.32 Å². The number of hydrogen-bond acceptors (Lipinski definition) is 8. The van der Waals surface area contributed by atoms with Gasteiger partial charge in [-0.15, -0.1) is 27.0 Å². The van der Waals surface area contributed by atoms with Crippen LogP contribution >= 0.6 is 23.1 Å². The first-order valence-electron chi connectivity index (χ1n) is 7.00. The third kappa shape index (κ3) is 3.96. The van der Waals surface area contributed by atoms with Crippen molar-refractivity contribution < 1.29 is 4.42 Å². The van der Waals surface area contributed by atoms with E-state index < -0.39 is 0 Å². The first-order chi connectivity index (χ1) is 11.3. The molecule has 0 aliphatic rings. The van der Waals surface area contributed by atoms with Gasteiger partial charge in [0.15, 0.2) is 4.34 Å². The van der Waals surface area contributed by atoms with Crippen LogP contribution in [-0.2, 0) is 0 Å². The van der Waals surface area contributed by atoms with E-state index in [0.29, 0.717) is 18.3 Å². The van der Waals surface area contributed by atoms with Crippen LogP contribution in [0, 0.1) is 0 Å². The minimum absolute atomic E-state index is 0.000154. The Morgan fingerprint density at radius 2 is 2.09 bits per heavy atom. The van der Waals surface area contributed by atoms with Crippen molar-refractivity contribution in [3.8, 4) is 11.5 Å². The highest BCUT2D eigenvalue weighted by molar-refractivity contribution is 8.01. The second-order valence-electron chi connectivity index (χ2n) is 4.61. The maximum absolute atomic E-state index is 5.76. The minimum Gasteiger partial charge on any atom is -0.419 e. The Morgan fingerprint density at radius 3 is 2.87 bits per heavy atom. The average molecular weight is 345 g/mol. The van der Waals surface area contributed by atoms with Crippen LogP contribution in [0.3, 0.4) is 0 Å². The van der Waals surface area contributed by atoms with Gasteiger partial charge in [-0.1, -0.05) is 47.4 Å². The van der Waals surface area contributed by atoms with Crippen LogP contribution in [-0.4, -0.2) is 26.9 Å². The molecule has 3 rings (SSSR count). The summed E-state index contributed by atoms with van der Waals surface area (Å²) >= 11 is 3.03. The molecule has 1 N–H and O–H groups in total. The monoisotopic (exact) mass is 345 g/mol. The molecule has 2 heterocycles. The third-order valence-corrected chi connectivity index (χ3v) is 4.94. The molecule has 23 heavy (non-hydrogen) atoms. The minimum atomic E-state index is 0.000154. The zero-order valence-corrected chi connectivity index (χ0v) is 14.1. The van der Waals surface area contributed by atoms with Gasteiger partial charge in [0.1, 0.15) is 0 Å². The molecule has 1 atom stereocenters. The van der Waals surface area contributed by atoms with Crippen LogP contribution in [0.15, 0.2) is 51.7 Å². The number of nitrogens with one attached hydrogen (secondary N) is 1. The number of anilines is 1. The second kappa shape index (κ2) is 7.38. The summed E-state index contributed by atoms with van der Waals surface area (Å²) in [4.78, 5) is 0. The molecule has 1 aromatic carbocycles. The van der Waals surface area contributed by atoms with Crippen molar-refractivity contribution >= 4 is 28.2 Å². The molecule has 0 spiro atoms. The summed E-state index contributed by atoms with van der Waals surface area (Å²) in [7, 11) is 0. The van der Waals surface area contributed by atoms with Gasteiger partial charge in [-0.05, 0) is 19.1 Å². The lowest BCUT2D eigenvalue weighted by Gasteiger charge is -2.02. The number of aromatic nitrogens is 4. The molecule has 118 valence electrons. The van der Waals surface area contributed by atoms with Crippen molar-refractivity contribution in [2.45, 2.75) is 16.5 Å². The lowest BCUT2D eigenvalue weighted by Crippen LogP contribution is -1.96. The number of benzene rings is 1. The Morgan fingerprint density at radius 1 is 1.26 bits per heavy atom. The summed E-state index contributed by atoms with van der Waals surface area (Å²) in [5.74, 6) is 1.10. The van der Waals surface area contributed by atoms with Gasteiger partial charge in [0, 0.05) is 12.1 Å². The van der Waals surface area contributed by atoms with Crippen LogP contribution in [0.4, 0.5) is 5.13 Å². The van der Waals surface area contributed by atoms with Crippen LogP contribution in [0.1, 0.15) is 18.1 Å². The van der Waals surface area contributed by atoms with Crippen LogP contribution in [0.25, 0.3) is 11.5 Å². The topological polar surface area (TPSA) is 76.7 Å². The van der Waals surface area contributed by atoms with Gasteiger partial charge in [-0.25, -0.2) is 0 Å². The van der Waals surface area contributed by atoms with E-state index in [1.807, 2.05) is 37.3 Å². The molecule has 0 aliphatic heterocycles. The summed E-state index contributed by atoms with van der Waals surface area (Å²) in [6.07, 6.45) is 1.78. The van der Waals surface area contributed by atoms with Gasteiger partial charge in [0.05, 0.1) is 5.25 Å². The molecule has 8 heteroatoms. The number of nitrogens with zero attached hydrogens (tertiary/aromatic N) is 4. The van der Waals surface area contributed by atoms with Crippen molar-refractivity contribution in [1.82, 2.24) is 20.4 Å². The zero-order valence-electron chi connectivity index (χ0n) is 12.5. The van der Waals surface area contributed by atoms with Gasteiger partial charge >= 0.3 is 0 Å². The van der Waals surface area contributed by atoms with Crippen molar-refractivity contribution in [2.24, 2.45) is 0 Å². The van der Waals surface area contributed by atoms with E-state index in [1.165, 1.54) is 11.3 Å². The highest BCUT2D eigenvalue weighted by Crippen LogP contribution is 2.37. The largest absolute Gasteiger partial charge is 0.419 e. The second-order valence-corrected chi connectivity index (χ2v) is 7.18. The molecular formula is C15H15N5OS2. The highest BCUT2D eigenvalue weighted by atomic mass is 32.2. The smallest absolute Gasteiger partial charge is 0.247 e. The number of thioether (sulfide) groups is 1. The summed E-state index contributed by atoms with van der Waals surface area (Å²) in [5.41, 5.74) is 0.912. The van der Waals surface area contributed by atoms with Gasteiger partial charge in [0.2, 0.25) is 16.9 Å². The summed E-state index contributed by atoms with van der Waals surface area (Å²) in [6, 6.07) is 9.72. The number of hydrogen-bond donors (Lipinski definition) is 1. The van der Waals surface area contributed by atoms with Gasteiger partial charge < -0.3 is 9.73 Å². The Balaban J connectivity index is 1.66. The van der Waals surface area contributed by atoms with Crippen LogP contribution in [0.2, 0.25) is 0 Å². The molecule has 0 fully saturated rings. The predicted octanol–water partition coefficient (Wildman–Crippen LogP) is 4.04. The molecule has 0 bridgehead atoms. The van der Waals surface area contributed by atoms with E-state index in [2.05, 4.69) is 32.3 Å². The summed E-state index contributed by atoms with van der Waals surface area (Å²) in [5, 5.41) is 20.4. The maximum Gasteiger partial charge on any atom is 0.247 e. The maximum atomic E-state index is 5.76. The fourth-order valence-corrected chi connectivity index (χ4v) is 3.72. The Kier molecular flexibility index (Phi) is 5.04. The molecule has 3 aromatic rings. The van der Waals surface area contributed by atoms with E-state index >= 15 is 0 Å². The summed E-state index contributed by atoms with van der Waals surface area (Å²) < 4.78 is 6.61. The van der Waals surface area contributed by atoms with E-state index in [1.54, 1.807) is 17.8 Å². The first-order valence-corrected chi connectivity index (χ1v) is 8.69. The normalized spacial score (nSPS) is 12.0. The summed E-state index contributed by atoms with van der Waals surface area (Å²) in [6.45, 7) is 6.33. The lowest BCUT2D eigenvalue weighted by atomic mass is 10.2. The van der Waals surface area contributed by atoms with Crippen LogP contribution in [0.5, 0.6) is 0 Å². The number of rotatable bonds is 7. The Labute approximate surface area is 142 Å². The quantitative estimate of drug-likeness (QED) is 0.511. The van der Waals surface area contributed by atoms with Crippen molar-refractivity contribution in [1.29, 1.82) is 0 Å². The van der Waals surface area contributed by atoms with Crippen molar-refractivity contribution in [2.75, 3.05) is 11.9 Å². The molecule has 6 nitrogen and oxygen atoms in total. The average Bonchev–Trinajstić information content (AvgIpc) is 3.23. The van der Waals surface area contributed by atoms with Gasteiger partial charge in [-0.2, -0.15) is 0 Å². The fraction of sp³-hybridized carbons (Fsp3) is 0.200. The zero-order chi connectivity index (χ0) is 16.1. The first kappa shape index (κ1) is 15.7. The standard InChI is InChI=1S/C15H15N5OS2/c1-3-9-16-14-19-20-15(23-14)22-10(2)12-17-18-13(21-12)11-7-5-4-6-8-11/h3-8,10H,1,9H2,2H3,(H,16,19). The SMILES string of the molecule is C=CCNc1nnc(SC(C)c2nnc(-c3ccccc3)o2)s1. The van der Waals surface area contributed by atoms with Crippen molar-refractivity contribution in [3.05, 3.63) is 48.9 Å². The Bertz CT molecular complexity index is 771. The van der Waals surface area contributed by atoms with E-state index in [0.717, 1.165) is 15.0 Å². The highest BCUT2D eigenvalue weighted by Gasteiger charge is 2.18. The Hall–Kier alpha value is -2.19. The molecule has 0 aliphatic carbocycles. The molecule has 2 aromatic heterocycles. The van der Waals surface area contributed by atoms with E-state index in [4.69, 9.17) is 4.42 Å². The predicted molar refractivity (Wildman–Crippen MR) is 92.6 cm³/mol. The van der Waals surface area contributed by atoms with Gasteiger partial charge in [0.25, 0.3) is 0 Å². The molecular weight excluding hydrogens is 330 g/mol. The lowest BCUT2D eigenvalue weighted by molar-refractivity contribution is 0.509. The third-order valence-electron chi connectivity index (χ3n) is 2.89. The molecule has 0 amide bonds. The fourth-order valence-electron chi connectivity index (χ4n) is 1.79. The molecule has 0 saturated carbocycles. The van der Waals surface area contributed by atoms with Crippen molar-refractivity contribution in [3.63, 3.8) is 0 Å².